The molecule has 1 atom stereocenters. The number of hydrogen-bond acceptors (Lipinski definition) is 2. The summed E-state index contributed by atoms with van der Waals surface area (Å²) in [6.07, 6.45) is 5.62. The standard InChI is InChI=1S/C16H22FN3/c1-3-8-18-15(13-6-5-7-14(17)11-13)12-16-19-9-10-20(16)4-2/h5-7,9-11,15,18H,3-4,8,12H2,1-2H3. The Morgan fingerprint density at radius 3 is 2.90 bits per heavy atom. The van der Waals surface area contributed by atoms with Gasteiger partial charge in [0.1, 0.15) is 11.6 Å². The summed E-state index contributed by atoms with van der Waals surface area (Å²) in [4.78, 5) is 4.41. The molecule has 1 unspecified atom stereocenters. The zero-order valence-electron chi connectivity index (χ0n) is 12.1. The molecule has 0 spiro atoms. The number of nitrogens with zero attached hydrogens (tertiary/aromatic N) is 2. The highest BCUT2D eigenvalue weighted by atomic mass is 19.1. The molecule has 1 N–H and O–H groups in total. The number of rotatable bonds is 7. The first-order valence-corrected chi connectivity index (χ1v) is 7.23. The smallest absolute Gasteiger partial charge is 0.123 e. The summed E-state index contributed by atoms with van der Waals surface area (Å²) in [5.41, 5.74) is 0.976. The van der Waals surface area contributed by atoms with Crippen molar-refractivity contribution in [1.82, 2.24) is 14.9 Å². The van der Waals surface area contributed by atoms with Crippen molar-refractivity contribution in [1.29, 1.82) is 0 Å². The average molecular weight is 275 g/mol. The van der Waals surface area contributed by atoms with Gasteiger partial charge in [-0.05, 0) is 37.6 Å². The lowest BCUT2D eigenvalue weighted by Gasteiger charge is -2.19. The van der Waals surface area contributed by atoms with E-state index in [4.69, 9.17) is 0 Å². The Morgan fingerprint density at radius 1 is 1.35 bits per heavy atom. The van der Waals surface area contributed by atoms with E-state index >= 15 is 0 Å². The third-order valence-corrected chi connectivity index (χ3v) is 3.42. The van der Waals surface area contributed by atoms with E-state index in [2.05, 4.69) is 28.7 Å². The van der Waals surface area contributed by atoms with Crippen LogP contribution < -0.4 is 5.32 Å². The summed E-state index contributed by atoms with van der Waals surface area (Å²) in [5, 5.41) is 3.48. The Kier molecular flexibility index (Phi) is 5.30. The summed E-state index contributed by atoms with van der Waals surface area (Å²) in [5.74, 6) is 0.843. The first kappa shape index (κ1) is 14.7. The van der Waals surface area contributed by atoms with Gasteiger partial charge in [0.25, 0.3) is 0 Å². The van der Waals surface area contributed by atoms with Crippen molar-refractivity contribution in [2.45, 2.75) is 39.3 Å². The van der Waals surface area contributed by atoms with Crippen LogP contribution in [0.2, 0.25) is 0 Å². The van der Waals surface area contributed by atoms with E-state index in [1.807, 2.05) is 18.5 Å². The first-order valence-electron chi connectivity index (χ1n) is 7.23. The second kappa shape index (κ2) is 7.20. The zero-order valence-corrected chi connectivity index (χ0v) is 12.1. The van der Waals surface area contributed by atoms with Crippen molar-refractivity contribution in [2.75, 3.05) is 6.54 Å². The molecule has 0 radical (unpaired) electrons. The lowest BCUT2D eigenvalue weighted by molar-refractivity contribution is 0.503. The molecule has 3 nitrogen and oxygen atoms in total. The number of aromatic nitrogens is 2. The number of hydrogen-bond donors (Lipinski definition) is 1. The summed E-state index contributed by atoms with van der Waals surface area (Å²) < 4.78 is 15.6. The van der Waals surface area contributed by atoms with Crippen molar-refractivity contribution in [3.05, 3.63) is 53.9 Å². The highest BCUT2D eigenvalue weighted by Gasteiger charge is 2.15. The molecule has 1 aromatic carbocycles. The van der Waals surface area contributed by atoms with Crippen LogP contribution in [0.4, 0.5) is 4.39 Å². The number of imidazole rings is 1. The van der Waals surface area contributed by atoms with Crippen molar-refractivity contribution >= 4 is 0 Å². The maximum atomic E-state index is 13.4. The second-order valence-electron chi connectivity index (χ2n) is 4.90. The molecular weight excluding hydrogens is 253 g/mol. The quantitative estimate of drug-likeness (QED) is 0.840. The monoisotopic (exact) mass is 275 g/mol. The molecule has 108 valence electrons. The minimum absolute atomic E-state index is 0.0957. The SMILES string of the molecule is CCCNC(Cc1nccn1CC)c1cccc(F)c1. The van der Waals surface area contributed by atoms with E-state index in [1.165, 1.54) is 6.07 Å². The van der Waals surface area contributed by atoms with Crippen molar-refractivity contribution in [3.63, 3.8) is 0 Å². The molecule has 1 aromatic heterocycles. The lowest BCUT2D eigenvalue weighted by atomic mass is 10.0. The highest BCUT2D eigenvalue weighted by molar-refractivity contribution is 5.21. The Bertz CT molecular complexity index is 536. The normalized spacial score (nSPS) is 12.6. The van der Waals surface area contributed by atoms with Gasteiger partial charge in [0.15, 0.2) is 0 Å². The Balaban J connectivity index is 2.19. The molecule has 0 aliphatic rings. The molecule has 2 rings (SSSR count). The van der Waals surface area contributed by atoms with Gasteiger partial charge in [-0.25, -0.2) is 9.37 Å². The van der Waals surface area contributed by atoms with Crippen LogP contribution in [0.15, 0.2) is 36.7 Å². The van der Waals surface area contributed by atoms with Gasteiger partial charge < -0.3 is 9.88 Å². The summed E-state index contributed by atoms with van der Waals surface area (Å²) in [7, 11) is 0. The Labute approximate surface area is 119 Å². The third-order valence-electron chi connectivity index (χ3n) is 3.42. The molecule has 20 heavy (non-hydrogen) atoms. The van der Waals surface area contributed by atoms with E-state index in [0.29, 0.717) is 0 Å². The molecule has 0 saturated carbocycles. The predicted molar refractivity (Wildman–Crippen MR) is 79.0 cm³/mol. The number of benzene rings is 1. The van der Waals surface area contributed by atoms with E-state index in [-0.39, 0.29) is 11.9 Å². The lowest BCUT2D eigenvalue weighted by Crippen LogP contribution is -2.25. The van der Waals surface area contributed by atoms with Crippen LogP contribution in [0.25, 0.3) is 0 Å². The van der Waals surface area contributed by atoms with Gasteiger partial charge in [0.05, 0.1) is 0 Å². The molecule has 2 aromatic rings. The Hall–Kier alpha value is -1.68. The first-order chi connectivity index (χ1) is 9.74. The van der Waals surface area contributed by atoms with Gasteiger partial charge in [-0.15, -0.1) is 0 Å². The molecule has 0 bridgehead atoms. The van der Waals surface area contributed by atoms with Gasteiger partial charge >= 0.3 is 0 Å². The van der Waals surface area contributed by atoms with Crippen LogP contribution in [0.1, 0.15) is 37.7 Å². The molecule has 0 saturated heterocycles. The average Bonchev–Trinajstić information content (AvgIpc) is 2.90. The van der Waals surface area contributed by atoms with Crippen molar-refractivity contribution < 1.29 is 4.39 Å². The van der Waals surface area contributed by atoms with Gasteiger partial charge in [0, 0.05) is 31.4 Å². The Morgan fingerprint density at radius 2 is 2.20 bits per heavy atom. The number of nitrogens with one attached hydrogen (secondary N) is 1. The van der Waals surface area contributed by atoms with Crippen LogP contribution in [0.5, 0.6) is 0 Å². The minimum Gasteiger partial charge on any atom is -0.335 e. The fraction of sp³-hybridized carbons (Fsp3) is 0.438. The van der Waals surface area contributed by atoms with Crippen LogP contribution in [0.3, 0.4) is 0 Å². The molecule has 4 heteroatoms. The molecule has 1 heterocycles. The molecule has 0 amide bonds. The minimum atomic E-state index is -0.190. The maximum Gasteiger partial charge on any atom is 0.123 e. The van der Waals surface area contributed by atoms with Gasteiger partial charge in [-0.2, -0.15) is 0 Å². The van der Waals surface area contributed by atoms with Crippen molar-refractivity contribution in [2.24, 2.45) is 0 Å². The van der Waals surface area contributed by atoms with Crippen LogP contribution in [0, 0.1) is 5.82 Å². The fourth-order valence-corrected chi connectivity index (χ4v) is 2.35. The summed E-state index contributed by atoms with van der Waals surface area (Å²) >= 11 is 0. The second-order valence-corrected chi connectivity index (χ2v) is 4.90. The highest BCUT2D eigenvalue weighted by Crippen LogP contribution is 2.19. The van der Waals surface area contributed by atoms with E-state index in [1.54, 1.807) is 12.1 Å². The molecule has 0 aliphatic heterocycles. The largest absolute Gasteiger partial charge is 0.335 e. The van der Waals surface area contributed by atoms with Crippen LogP contribution >= 0.6 is 0 Å². The predicted octanol–water partition coefficient (Wildman–Crippen LogP) is 3.33. The van der Waals surface area contributed by atoms with E-state index in [0.717, 1.165) is 37.3 Å². The maximum absolute atomic E-state index is 13.4. The fourth-order valence-electron chi connectivity index (χ4n) is 2.35. The van der Waals surface area contributed by atoms with Crippen molar-refractivity contribution in [3.8, 4) is 0 Å². The number of aryl methyl sites for hydroxylation is 1. The third kappa shape index (κ3) is 3.67. The molecular formula is C16H22FN3. The van der Waals surface area contributed by atoms with Gasteiger partial charge in [-0.3, -0.25) is 0 Å². The van der Waals surface area contributed by atoms with Gasteiger partial charge in [-0.1, -0.05) is 19.1 Å². The van der Waals surface area contributed by atoms with Crippen LogP contribution in [-0.4, -0.2) is 16.1 Å². The van der Waals surface area contributed by atoms with Crippen LogP contribution in [-0.2, 0) is 13.0 Å². The zero-order chi connectivity index (χ0) is 14.4. The molecule has 0 aliphatic carbocycles. The summed E-state index contributed by atoms with van der Waals surface area (Å²) in [6, 6.07) is 6.91. The van der Waals surface area contributed by atoms with E-state index < -0.39 is 0 Å². The summed E-state index contributed by atoms with van der Waals surface area (Å²) in [6.45, 7) is 6.04. The molecule has 0 fully saturated rings. The van der Waals surface area contributed by atoms with E-state index in [9.17, 15) is 4.39 Å². The number of halogens is 1. The topological polar surface area (TPSA) is 29.9 Å². The van der Waals surface area contributed by atoms with Gasteiger partial charge in [0.2, 0.25) is 0 Å².